The molecule has 0 bridgehead atoms. The summed E-state index contributed by atoms with van der Waals surface area (Å²) in [5.41, 5.74) is 7.00. The van der Waals surface area contributed by atoms with Gasteiger partial charge in [-0.15, -0.1) is 0 Å². The van der Waals surface area contributed by atoms with Crippen molar-refractivity contribution in [1.82, 2.24) is 14.1 Å². The molecule has 7 aromatic carbocycles. The summed E-state index contributed by atoms with van der Waals surface area (Å²) in [6.07, 6.45) is 9.87. The molecular weight excluding hydrogens is 809 g/mol. The van der Waals surface area contributed by atoms with E-state index in [0.29, 0.717) is 22.7 Å². The van der Waals surface area contributed by atoms with Gasteiger partial charge in [-0.1, -0.05) is 178 Å². The smallest absolute Gasteiger partial charge is 0.269 e. The van der Waals surface area contributed by atoms with Gasteiger partial charge in [0.05, 0.1) is 55.2 Å². The molecule has 0 N–H and O–H groups in total. The van der Waals surface area contributed by atoms with Crippen molar-refractivity contribution in [3.05, 3.63) is 193 Å². The summed E-state index contributed by atoms with van der Waals surface area (Å²) in [6.45, 7) is 6.58. The van der Waals surface area contributed by atoms with Gasteiger partial charge in [-0.2, -0.15) is 0 Å². The third kappa shape index (κ3) is 6.81. The van der Waals surface area contributed by atoms with E-state index in [9.17, 15) is 5.48 Å². The fourth-order valence-corrected chi connectivity index (χ4v) is 16.2. The molecule has 0 aliphatic carbocycles. The van der Waals surface area contributed by atoms with Crippen LogP contribution in [0, 0.1) is 6.33 Å². The number of aromatic nitrogens is 4. The molecule has 318 valence electrons. The van der Waals surface area contributed by atoms with Crippen molar-refractivity contribution in [3.63, 3.8) is 0 Å². The van der Waals surface area contributed by atoms with E-state index < -0.39 is 68.5 Å². The molecule has 6 heteroatoms. The Hall–Kier alpha value is -7.02. The Morgan fingerprint density at radius 1 is 0.662 bits per heavy atom. The van der Waals surface area contributed by atoms with Crippen LogP contribution >= 0.6 is 0 Å². The number of aryl methyl sites for hydroxylation is 1. The van der Waals surface area contributed by atoms with Crippen LogP contribution in [0.25, 0.3) is 72.3 Å². The van der Waals surface area contributed by atoms with E-state index in [4.69, 9.17) is 17.9 Å². The number of fused-ring (bicyclic) bond motifs is 6. The largest absolute Gasteiger partial charge is 0.458 e. The molecule has 0 radical (unpaired) electrons. The minimum Gasteiger partial charge on any atom is -0.458 e. The van der Waals surface area contributed by atoms with E-state index in [-0.39, 0.29) is 33.4 Å². The van der Waals surface area contributed by atoms with Crippen molar-refractivity contribution in [2.24, 2.45) is 0 Å². The molecule has 2 aliphatic heterocycles. The fraction of sp³-hybridized carbons (Fsp3) is 0.186. The van der Waals surface area contributed by atoms with Gasteiger partial charge >= 0.3 is 0 Å². The van der Waals surface area contributed by atoms with E-state index in [1.54, 1.807) is 22.8 Å². The summed E-state index contributed by atoms with van der Waals surface area (Å²) in [5.74, 6) is 1.98. The van der Waals surface area contributed by atoms with Gasteiger partial charge in [-0.3, -0.25) is 13.7 Å². The van der Waals surface area contributed by atoms with Crippen molar-refractivity contribution in [2.45, 2.75) is 70.0 Å². The van der Waals surface area contributed by atoms with E-state index >= 15 is 0 Å². The van der Waals surface area contributed by atoms with E-state index in [1.165, 1.54) is 47.3 Å². The number of rotatable bonds is 7. The van der Waals surface area contributed by atoms with Crippen LogP contribution in [0.2, 0.25) is 18.1 Å². The standard InChI is InChI=1S/C59H52N4OSi/c1-59(2,3)44-30-31-60-57(36-44)63-52-27-11-10-24-50(52)51-29-28-47(38-53(51)63)64-46-23-14-22-45(37-46)61-40-62(54-35-43-21-16-34-65(32-12-13-33-65)56(43)39-55(54)61)58-48(41-17-6-4-7-18-41)25-15-26-49(58)42-19-8-5-9-20-42/h4-11,14-15,17-20,22-31,35-39H,12-13,16,21,32-34H2,1-3H3/i4D,5D,6D,7D,8D,9D,17D,18D,19D,20D. The lowest BCUT2D eigenvalue weighted by Crippen LogP contribution is -2.49. The molecule has 1 spiro atoms. The predicted octanol–water partition coefficient (Wildman–Crippen LogP) is 14.0. The lowest BCUT2D eigenvalue weighted by molar-refractivity contribution is -0.571. The first-order valence-electron chi connectivity index (χ1n) is 27.6. The van der Waals surface area contributed by atoms with Gasteiger partial charge in [-0.25, -0.2) is 4.98 Å². The van der Waals surface area contributed by atoms with Crippen molar-refractivity contribution in [1.29, 1.82) is 0 Å². The van der Waals surface area contributed by atoms with Crippen molar-refractivity contribution in [3.8, 4) is 50.9 Å². The summed E-state index contributed by atoms with van der Waals surface area (Å²) in [5, 5.41) is 3.59. The molecule has 1 saturated heterocycles. The van der Waals surface area contributed by atoms with Gasteiger partial charge in [0.1, 0.15) is 17.3 Å². The zero-order valence-corrected chi connectivity index (χ0v) is 37.6. The van der Waals surface area contributed by atoms with Gasteiger partial charge in [0.25, 0.3) is 6.33 Å². The summed E-state index contributed by atoms with van der Waals surface area (Å²) in [4.78, 5) is 4.87. The quantitative estimate of drug-likeness (QED) is 0.0909. The Morgan fingerprint density at radius 3 is 2.11 bits per heavy atom. The van der Waals surface area contributed by atoms with Gasteiger partial charge < -0.3 is 4.74 Å². The number of nitrogens with zero attached hydrogens (tertiary/aromatic N) is 4. The minimum absolute atomic E-state index is 0.0863. The highest BCUT2D eigenvalue weighted by atomic mass is 28.3. The van der Waals surface area contributed by atoms with Gasteiger partial charge in [-0.05, 0) is 94.3 Å². The number of ether oxygens (including phenoxy) is 1. The average Bonchev–Trinajstić information content (AvgIpc) is 4.13. The van der Waals surface area contributed by atoms with Crippen LogP contribution < -0.4 is 14.5 Å². The molecule has 5 nitrogen and oxygen atoms in total. The Bertz CT molecular complexity index is 3900. The Kier molecular flexibility index (Phi) is 7.24. The number of para-hydroxylation sites is 2. The second-order valence-electron chi connectivity index (χ2n) is 18.6. The molecule has 0 saturated carbocycles. The van der Waals surface area contributed by atoms with Crippen LogP contribution in [-0.4, -0.2) is 22.2 Å². The number of hydrogen-bond donors (Lipinski definition) is 0. The highest BCUT2D eigenvalue weighted by Crippen LogP contribution is 2.41. The predicted molar refractivity (Wildman–Crippen MR) is 269 cm³/mol. The summed E-state index contributed by atoms with van der Waals surface area (Å²) in [6, 6.07) is 34.6. The lowest BCUT2D eigenvalue weighted by Gasteiger charge is -2.34. The molecule has 0 unspecified atom stereocenters. The maximum atomic E-state index is 9.21. The van der Waals surface area contributed by atoms with Crippen LogP contribution in [0.3, 0.4) is 0 Å². The van der Waals surface area contributed by atoms with Crippen LogP contribution in [0.4, 0.5) is 0 Å². The highest BCUT2D eigenvalue weighted by Gasteiger charge is 2.41. The average molecular weight is 871 g/mol. The van der Waals surface area contributed by atoms with E-state index in [0.717, 1.165) is 46.0 Å². The van der Waals surface area contributed by atoms with Gasteiger partial charge in [0.15, 0.2) is 0 Å². The van der Waals surface area contributed by atoms with E-state index in [1.807, 2.05) is 59.3 Å². The Labute approximate surface area is 396 Å². The van der Waals surface area contributed by atoms with Crippen molar-refractivity contribution < 1.29 is 23.0 Å². The number of imidazole rings is 1. The van der Waals surface area contributed by atoms with Gasteiger partial charge in [0, 0.05) is 23.0 Å². The summed E-state index contributed by atoms with van der Waals surface area (Å²) < 4.78 is 101. The lowest BCUT2D eigenvalue weighted by atomic mass is 9.88. The molecule has 1 fully saturated rings. The monoisotopic (exact) mass is 870 g/mol. The maximum Gasteiger partial charge on any atom is 0.269 e. The molecule has 0 atom stereocenters. The first-order valence-corrected chi connectivity index (χ1v) is 25.2. The molecule has 65 heavy (non-hydrogen) atoms. The zero-order valence-electron chi connectivity index (χ0n) is 46.6. The van der Waals surface area contributed by atoms with Crippen molar-refractivity contribution >= 4 is 46.1 Å². The highest BCUT2D eigenvalue weighted by molar-refractivity contribution is 6.93. The molecular formula is C59H52N4OSi. The fourth-order valence-electron chi connectivity index (χ4n) is 10.6. The van der Waals surface area contributed by atoms with E-state index in [2.05, 4.69) is 74.1 Å². The molecule has 5 heterocycles. The first-order chi connectivity index (χ1) is 36.0. The molecule has 0 amide bonds. The van der Waals surface area contributed by atoms with Crippen molar-refractivity contribution in [2.75, 3.05) is 0 Å². The second-order valence-corrected chi connectivity index (χ2v) is 23.2. The molecule has 3 aromatic heterocycles. The molecule has 2 aliphatic rings. The number of pyridine rings is 1. The Morgan fingerprint density at radius 2 is 1.35 bits per heavy atom. The summed E-state index contributed by atoms with van der Waals surface area (Å²) >= 11 is 0. The minimum atomic E-state index is -1.87. The first kappa shape index (κ1) is 30.2. The summed E-state index contributed by atoms with van der Waals surface area (Å²) in [7, 11) is -1.87. The van der Waals surface area contributed by atoms with Gasteiger partial charge in [0.2, 0.25) is 0 Å². The topological polar surface area (TPSA) is 35.9 Å². The second kappa shape index (κ2) is 15.6. The van der Waals surface area contributed by atoms with Crippen LogP contribution in [0.1, 0.15) is 64.9 Å². The third-order valence-corrected chi connectivity index (χ3v) is 19.3. The number of hydrogen-bond acceptors (Lipinski definition) is 2. The van der Waals surface area contributed by atoms with Crippen LogP contribution in [-0.2, 0) is 11.8 Å². The third-order valence-electron chi connectivity index (χ3n) is 13.7. The van der Waals surface area contributed by atoms with Crippen LogP contribution in [0.5, 0.6) is 11.5 Å². The molecule has 10 aromatic rings. The van der Waals surface area contributed by atoms with Crippen LogP contribution in [0.15, 0.2) is 176 Å². The SMILES string of the molecule is [2H]c1c([2H])c([2H])c(-c2cccc(-c3c([2H])c([2H])c([2H])c([2H])c3[2H])c2-[n+]2[c-]n(-c3cccc(Oc4ccc5c6ccccc6n(-c6cc(C(C)(C)C)ccn6)c5c4)c3)c3cc4c(cc32)CCC[Si]42CCCC2)c([2H])c1[2H]. The maximum absolute atomic E-state index is 9.21. The number of benzene rings is 7. The normalized spacial score (nSPS) is 16.8. The molecule has 12 rings (SSSR count). The zero-order chi connectivity index (χ0) is 52.4. The Balaban J connectivity index is 1.08.